The lowest BCUT2D eigenvalue weighted by Crippen LogP contribution is -2.43. The lowest BCUT2D eigenvalue weighted by molar-refractivity contribution is 0.0924. The molecule has 6 heteroatoms. The van der Waals surface area contributed by atoms with Gasteiger partial charge in [-0.05, 0) is 69.5 Å². The Morgan fingerprint density at radius 1 is 1.40 bits per heavy atom. The summed E-state index contributed by atoms with van der Waals surface area (Å²) in [5.74, 6) is 1.56. The third kappa shape index (κ3) is 6.55. The summed E-state index contributed by atoms with van der Waals surface area (Å²) < 4.78 is 5.44. The predicted octanol–water partition coefficient (Wildman–Crippen LogP) is 2.61. The first-order valence-corrected chi connectivity index (χ1v) is 9.16. The van der Waals surface area contributed by atoms with E-state index in [1.54, 1.807) is 0 Å². The van der Waals surface area contributed by atoms with Crippen molar-refractivity contribution in [3.8, 4) is 5.75 Å². The van der Waals surface area contributed by atoms with Gasteiger partial charge in [0.2, 0.25) is 0 Å². The Balaban J connectivity index is 1.73. The molecule has 1 aromatic carbocycles. The molecule has 2 amide bonds. The van der Waals surface area contributed by atoms with Crippen molar-refractivity contribution in [2.45, 2.75) is 39.7 Å². The first-order chi connectivity index (χ1) is 12.0. The molecule has 1 aromatic rings. The average Bonchev–Trinajstić information content (AvgIpc) is 2.58. The first kappa shape index (κ1) is 19.5. The van der Waals surface area contributed by atoms with Crippen molar-refractivity contribution < 1.29 is 14.6 Å². The number of piperidine rings is 1. The van der Waals surface area contributed by atoms with Crippen LogP contribution < -0.4 is 15.4 Å². The van der Waals surface area contributed by atoms with E-state index < -0.39 is 6.10 Å². The Hall–Kier alpha value is -1.79. The minimum Gasteiger partial charge on any atom is -0.494 e. The van der Waals surface area contributed by atoms with Gasteiger partial charge in [-0.3, -0.25) is 0 Å². The summed E-state index contributed by atoms with van der Waals surface area (Å²) in [4.78, 5) is 14.3. The van der Waals surface area contributed by atoms with Crippen molar-refractivity contribution >= 4 is 11.7 Å². The van der Waals surface area contributed by atoms with Gasteiger partial charge in [0, 0.05) is 18.8 Å². The van der Waals surface area contributed by atoms with E-state index in [0.29, 0.717) is 13.2 Å². The standard InChI is InChI=1S/C19H31N3O3/c1-4-25-17-5-6-18(15(3)11-17)21-19(24)20-12-16(23)13-22-9-7-14(2)8-10-22/h5-6,11,14,16,23H,4,7-10,12-13H2,1-3H3,(H2,20,21,24). The minimum absolute atomic E-state index is 0.244. The number of carbonyl (C=O) groups excluding carboxylic acids is 1. The number of aryl methyl sites for hydroxylation is 1. The van der Waals surface area contributed by atoms with E-state index in [9.17, 15) is 9.90 Å². The van der Waals surface area contributed by atoms with Gasteiger partial charge in [-0.25, -0.2) is 4.79 Å². The van der Waals surface area contributed by atoms with Gasteiger partial charge < -0.3 is 25.4 Å². The van der Waals surface area contributed by atoms with E-state index >= 15 is 0 Å². The highest BCUT2D eigenvalue weighted by Crippen LogP contribution is 2.21. The van der Waals surface area contributed by atoms with Crippen molar-refractivity contribution in [2.24, 2.45) is 5.92 Å². The van der Waals surface area contributed by atoms with Crippen LogP contribution in [0, 0.1) is 12.8 Å². The van der Waals surface area contributed by atoms with Crippen molar-refractivity contribution in [2.75, 3.05) is 38.1 Å². The maximum absolute atomic E-state index is 12.0. The quantitative estimate of drug-likeness (QED) is 0.707. The van der Waals surface area contributed by atoms with Crippen molar-refractivity contribution in [1.29, 1.82) is 0 Å². The van der Waals surface area contributed by atoms with Crippen LogP contribution in [0.15, 0.2) is 18.2 Å². The van der Waals surface area contributed by atoms with Crippen LogP contribution in [0.25, 0.3) is 0 Å². The molecule has 6 nitrogen and oxygen atoms in total. The van der Waals surface area contributed by atoms with E-state index in [0.717, 1.165) is 36.0 Å². The topological polar surface area (TPSA) is 73.8 Å². The number of aliphatic hydroxyl groups is 1. The molecule has 1 saturated heterocycles. The lowest BCUT2D eigenvalue weighted by Gasteiger charge is -2.31. The molecule has 1 aliphatic rings. The van der Waals surface area contributed by atoms with Gasteiger partial charge in [0.25, 0.3) is 0 Å². The Labute approximate surface area is 150 Å². The zero-order chi connectivity index (χ0) is 18.2. The van der Waals surface area contributed by atoms with Crippen molar-refractivity contribution in [3.05, 3.63) is 23.8 Å². The van der Waals surface area contributed by atoms with Gasteiger partial charge in [0.1, 0.15) is 5.75 Å². The number of aliphatic hydroxyl groups excluding tert-OH is 1. The number of hydrogen-bond acceptors (Lipinski definition) is 4. The number of nitrogens with one attached hydrogen (secondary N) is 2. The van der Waals surface area contributed by atoms with E-state index in [-0.39, 0.29) is 12.6 Å². The number of hydrogen-bond donors (Lipinski definition) is 3. The Morgan fingerprint density at radius 3 is 2.76 bits per heavy atom. The molecule has 25 heavy (non-hydrogen) atoms. The highest BCUT2D eigenvalue weighted by Gasteiger charge is 2.18. The maximum Gasteiger partial charge on any atom is 0.319 e. The fraction of sp³-hybridized carbons (Fsp3) is 0.632. The van der Waals surface area contributed by atoms with Gasteiger partial charge in [-0.1, -0.05) is 6.92 Å². The molecule has 0 radical (unpaired) electrons. The number of benzene rings is 1. The molecule has 1 aliphatic heterocycles. The molecule has 0 saturated carbocycles. The second-order valence-electron chi connectivity index (χ2n) is 6.88. The van der Waals surface area contributed by atoms with Crippen LogP contribution in [-0.4, -0.2) is 54.9 Å². The average molecular weight is 349 g/mol. The molecule has 0 bridgehead atoms. The van der Waals surface area contributed by atoms with Gasteiger partial charge in [0.05, 0.1) is 12.7 Å². The highest BCUT2D eigenvalue weighted by atomic mass is 16.5. The van der Waals surface area contributed by atoms with Crippen LogP contribution in [0.2, 0.25) is 0 Å². The monoisotopic (exact) mass is 349 g/mol. The fourth-order valence-electron chi connectivity index (χ4n) is 3.02. The van der Waals surface area contributed by atoms with Crippen LogP contribution >= 0.6 is 0 Å². The SMILES string of the molecule is CCOc1ccc(NC(=O)NCC(O)CN2CCC(C)CC2)c(C)c1. The third-order valence-corrected chi connectivity index (χ3v) is 4.60. The van der Waals surface area contributed by atoms with E-state index in [4.69, 9.17) is 4.74 Å². The van der Waals surface area contributed by atoms with E-state index in [1.165, 1.54) is 12.8 Å². The Bertz CT molecular complexity index is 557. The summed E-state index contributed by atoms with van der Waals surface area (Å²) in [6.07, 6.45) is 1.80. The van der Waals surface area contributed by atoms with Gasteiger partial charge >= 0.3 is 6.03 Å². The number of β-amino-alcohol motifs (C(OH)–C–C–N with tert-alkyl or cyclic N) is 1. The summed E-state index contributed by atoms with van der Waals surface area (Å²) >= 11 is 0. The smallest absolute Gasteiger partial charge is 0.319 e. The molecular formula is C19H31N3O3. The number of carbonyl (C=O) groups is 1. The largest absolute Gasteiger partial charge is 0.494 e. The van der Waals surface area contributed by atoms with Crippen LogP contribution in [0.1, 0.15) is 32.3 Å². The Kier molecular flexibility index (Phi) is 7.52. The summed E-state index contributed by atoms with van der Waals surface area (Å²) in [6, 6.07) is 5.24. The zero-order valence-corrected chi connectivity index (χ0v) is 15.5. The minimum atomic E-state index is -0.555. The normalized spacial score (nSPS) is 17.1. The van der Waals surface area contributed by atoms with E-state index in [1.807, 2.05) is 32.0 Å². The number of ether oxygens (including phenoxy) is 1. The molecule has 0 aromatic heterocycles. The second kappa shape index (κ2) is 9.63. The highest BCUT2D eigenvalue weighted by molar-refractivity contribution is 5.90. The molecule has 0 spiro atoms. The zero-order valence-electron chi connectivity index (χ0n) is 15.5. The van der Waals surface area contributed by atoms with Crippen LogP contribution in [0.5, 0.6) is 5.75 Å². The lowest BCUT2D eigenvalue weighted by atomic mass is 9.99. The van der Waals surface area contributed by atoms with Gasteiger partial charge in [0.15, 0.2) is 0 Å². The summed E-state index contributed by atoms with van der Waals surface area (Å²) in [7, 11) is 0. The first-order valence-electron chi connectivity index (χ1n) is 9.16. The summed E-state index contributed by atoms with van der Waals surface area (Å²) in [5.41, 5.74) is 1.67. The van der Waals surface area contributed by atoms with E-state index in [2.05, 4.69) is 22.5 Å². The molecule has 3 N–H and O–H groups in total. The number of urea groups is 1. The van der Waals surface area contributed by atoms with Crippen LogP contribution in [0.4, 0.5) is 10.5 Å². The number of amides is 2. The molecule has 140 valence electrons. The number of anilines is 1. The fourth-order valence-corrected chi connectivity index (χ4v) is 3.02. The molecule has 1 atom stereocenters. The summed E-state index contributed by atoms with van der Waals surface area (Å²) in [6.45, 7) is 9.63. The van der Waals surface area contributed by atoms with Gasteiger partial charge in [-0.2, -0.15) is 0 Å². The van der Waals surface area contributed by atoms with Crippen molar-refractivity contribution in [1.82, 2.24) is 10.2 Å². The van der Waals surface area contributed by atoms with Crippen LogP contribution in [0.3, 0.4) is 0 Å². The summed E-state index contributed by atoms with van der Waals surface area (Å²) in [5, 5.41) is 15.7. The predicted molar refractivity (Wildman–Crippen MR) is 100 cm³/mol. The number of rotatable bonds is 7. The Morgan fingerprint density at radius 2 is 2.12 bits per heavy atom. The second-order valence-corrected chi connectivity index (χ2v) is 6.88. The molecular weight excluding hydrogens is 318 g/mol. The van der Waals surface area contributed by atoms with Crippen LogP contribution in [-0.2, 0) is 0 Å². The third-order valence-electron chi connectivity index (χ3n) is 4.60. The number of likely N-dealkylation sites (tertiary alicyclic amines) is 1. The van der Waals surface area contributed by atoms with Crippen molar-refractivity contribution in [3.63, 3.8) is 0 Å². The molecule has 0 aliphatic carbocycles. The molecule has 1 heterocycles. The molecule has 1 unspecified atom stereocenters. The number of nitrogens with zero attached hydrogens (tertiary/aromatic N) is 1. The van der Waals surface area contributed by atoms with Gasteiger partial charge in [-0.15, -0.1) is 0 Å². The maximum atomic E-state index is 12.0. The molecule has 2 rings (SSSR count). The molecule has 1 fully saturated rings.